The number of halogens is 1. The first-order valence-corrected chi connectivity index (χ1v) is 6.75. The van der Waals surface area contributed by atoms with E-state index in [0.29, 0.717) is 0 Å². The fourth-order valence-corrected chi connectivity index (χ4v) is 1.79. The Kier molecular flexibility index (Phi) is 4.62. The van der Waals surface area contributed by atoms with Crippen LogP contribution in [0.5, 0.6) is 0 Å². The number of carbonyl (C=O) groups is 1. The smallest absolute Gasteiger partial charge is 0.254 e. The van der Waals surface area contributed by atoms with Gasteiger partial charge in [-0.1, -0.05) is 0 Å². The van der Waals surface area contributed by atoms with Crippen molar-refractivity contribution in [2.24, 2.45) is 0 Å². The summed E-state index contributed by atoms with van der Waals surface area (Å²) in [6, 6.07) is 3.60. The number of hydrogen-bond acceptors (Lipinski definition) is 4. The zero-order valence-corrected chi connectivity index (χ0v) is 10.6. The Bertz CT molecular complexity index is 545. The number of nitrogen functional groups attached to an aromatic ring is 1. The second-order valence-electron chi connectivity index (χ2n) is 3.52. The summed E-state index contributed by atoms with van der Waals surface area (Å²) in [4.78, 5) is 11.6. The second-order valence-corrected chi connectivity index (χ2v) is 5.56. The molecule has 1 aromatic rings. The lowest BCUT2D eigenvalue weighted by Gasteiger charge is -2.07. The molecule has 18 heavy (non-hydrogen) atoms. The van der Waals surface area contributed by atoms with E-state index >= 15 is 0 Å². The van der Waals surface area contributed by atoms with Gasteiger partial charge in [0.2, 0.25) is 10.0 Å². The predicted molar refractivity (Wildman–Crippen MR) is 66.0 cm³/mol. The summed E-state index contributed by atoms with van der Waals surface area (Å²) in [7, 11) is -2.13. The van der Waals surface area contributed by atoms with E-state index in [9.17, 15) is 17.6 Å². The highest BCUT2D eigenvalue weighted by molar-refractivity contribution is 7.89. The molecule has 1 amide bonds. The quantitative estimate of drug-likeness (QED) is 0.641. The van der Waals surface area contributed by atoms with Gasteiger partial charge in [-0.15, -0.1) is 0 Å². The molecule has 0 unspecified atom stereocenters. The number of anilines is 1. The third kappa shape index (κ3) is 3.97. The van der Waals surface area contributed by atoms with E-state index in [2.05, 4.69) is 10.0 Å². The second kappa shape index (κ2) is 5.78. The first-order chi connectivity index (χ1) is 8.35. The SMILES string of the molecule is CNS(=O)(=O)CCNC(=O)c1cc(N)ccc1F. The van der Waals surface area contributed by atoms with Crippen molar-refractivity contribution in [1.29, 1.82) is 0 Å². The van der Waals surface area contributed by atoms with E-state index in [4.69, 9.17) is 5.73 Å². The maximum Gasteiger partial charge on any atom is 0.254 e. The van der Waals surface area contributed by atoms with E-state index in [-0.39, 0.29) is 23.5 Å². The van der Waals surface area contributed by atoms with Gasteiger partial charge in [-0.25, -0.2) is 17.5 Å². The molecule has 0 heterocycles. The zero-order valence-electron chi connectivity index (χ0n) is 9.73. The van der Waals surface area contributed by atoms with Crippen molar-refractivity contribution >= 4 is 21.6 Å². The van der Waals surface area contributed by atoms with Gasteiger partial charge < -0.3 is 11.1 Å². The summed E-state index contributed by atoms with van der Waals surface area (Å²) in [5, 5.41) is 2.30. The van der Waals surface area contributed by atoms with Crippen LogP contribution in [-0.4, -0.2) is 33.7 Å². The third-order valence-corrected chi connectivity index (χ3v) is 3.57. The number of sulfonamides is 1. The molecule has 0 bridgehead atoms. The summed E-state index contributed by atoms with van der Waals surface area (Å²) < 4.78 is 37.6. The molecule has 4 N–H and O–H groups in total. The van der Waals surface area contributed by atoms with Crippen LogP contribution < -0.4 is 15.8 Å². The normalized spacial score (nSPS) is 11.2. The van der Waals surface area contributed by atoms with Crippen molar-refractivity contribution < 1.29 is 17.6 Å². The van der Waals surface area contributed by atoms with Crippen molar-refractivity contribution in [2.75, 3.05) is 25.1 Å². The first kappa shape index (κ1) is 14.4. The van der Waals surface area contributed by atoms with Crippen LogP contribution in [0.2, 0.25) is 0 Å². The Hall–Kier alpha value is -1.67. The minimum absolute atomic E-state index is 0.115. The number of rotatable bonds is 5. The molecule has 1 rings (SSSR count). The van der Waals surface area contributed by atoms with Crippen molar-refractivity contribution in [2.45, 2.75) is 0 Å². The van der Waals surface area contributed by atoms with Gasteiger partial charge in [-0.3, -0.25) is 4.79 Å². The largest absolute Gasteiger partial charge is 0.399 e. The number of carbonyl (C=O) groups excluding carboxylic acids is 1. The van der Waals surface area contributed by atoms with Crippen LogP contribution in [0.4, 0.5) is 10.1 Å². The van der Waals surface area contributed by atoms with Crippen LogP contribution in [-0.2, 0) is 10.0 Å². The molecule has 100 valence electrons. The van der Waals surface area contributed by atoms with E-state index < -0.39 is 21.7 Å². The first-order valence-electron chi connectivity index (χ1n) is 5.10. The van der Waals surface area contributed by atoms with Crippen LogP contribution >= 0.6 is 0 Å². The standard InChI is InChI=1S/C10H14FN3O3S/c1-13-18(16,17)5-4-14-10(15)8-6-7(12)2-3-9(8)11/h2-3,6,13H,4-5,12H2,1H3,(H,14,15). The molecular formula is C10H14FN3O3S. The summed E-state index contributed by atoms with van der Waals surface area (Å²) in [5.74, 6) is -1.69. The van der Waals surface area contributed by atoms with Crippen LogP contribution in [0, 0.1) is 5.82 Å². The number of amides is 1. The van der Waals surface area contributed by atoms with Crippen molar-refractivity contribution in [3.8, 4) is 0 Å². The minimum Gasteiger partial charge on any atom is -0.399 e. The molecule has 0 saturated heterocycles. The summed E-state index contributed by atoms with van der Waals surface area (Å²) >= 11 is 0. The number of nitrogens with two attached hydrogens (primary N) is 1. The molecular weight excluding hydrogens is 261 g/mol. The highest BCUT2D eigenvalue weighted by atomic mass is 32.2. The fraction of sp³-hybridized carbons (Fsp3) is 0.300. The Balaban J connectivity index is 2.64. The Morgan fingerprint density at radius 3 is 2.72 bits per heavy atom. The van der Waals surface area contributed by atoms with Crippen LogP contribution in [0.3, 0.4) is 0 Å². The van der Waals surface area contributed by atoms with Gasteiger partial charge in [0.15, 0.2) is 0 Å². The summed E-state index contributed by atoms with van der Waals surface area (Å²) in [6.45, 7) is -0.115. The van der Waals surface area contributed by atoms with Gasteiger partial charge in [0.1, 0.15) is 5.82 Å². The van der Waals surface area contributed by atoms with Gasteiger partial charge in [-0.2, -0.15) is 0 Å². The van der Waals surface area contributed by atoms with E-state index in [0.717, 1.165) is 6.07 Å². The number of hydrogen-bond donors (Lipinski definition) is 3. The zero-order chi connectivity index (χ0) is 13.8. The average Bonchev–Trinajstić information content (AvgIpc) is 2.32. The van der Waals surface area contributed by atoms with Gasteiger partial charge in [0, 0.05) is 12.2 Å². The molecule has 0 spiro atoms. The number of benzene rings is 1. The molecule has 0 radical (unpaired) electrons. The molecule has 0 atom stereocenters. The van der Waals surface area contributed by atoms with Crippen molar-refractivity contribution in [3.63, 3.8) is 0 Å². The molecule has 8 heteroatoms. The highest BCUT2D eigenvalue weighted by Gasteiger charge is 2.13. The van der Waals surface area contributed by atoms with Gasteiger partial charge >= 0.3 is 0 Å². The molecule has 0 aliphatic rings. The maximum atomic E-state index is 13.3. The van der Waals surface area contributed by atoms with Crippen molar-refractivity contribution in [1.82, 2.24) is 10.0 Å². The molecule has 0 fully saturated rings. The van der Waals surface area contributed by atoms with E-state index in [1.165, 1.54) is 19.2 Å². The Morgan fingerprint density at radius 1 is 1.44 bits per heavy atom. The lowest BCUT2D eigenvalue weighted by molar-refractivity contribution is 0.0952. The summed E-state index contributed by atoms with van der Waals surface area (Å²) in [5.41, 5.74) is 5.48. The van der Waals surface area contributed by atoms with Crippen molar-refractivity contribution in [3.05, 3.63) is 29.6 Å². The lowest BCUT2D eigenvalue weighted by atomic mass is 10.2. The molecule has 1 aromatic carbocycles. The number of nitrogens with one attached hydrogen (secondary N) is 2. The molecule has 0 saturated carbocycles. The van der Waals surface area contributed by atoms with E-state index in [1.54, 1.807) is 0 Å². The monoisotopic (exact) mass is 275 g/mol. The maximum absolute atomic E-state index is 13.3. The van der Waals surface area contributed by atoms with E-state index in [1.807, 2.05) is 0 Å². The molecule has 0 aromatic heterocycles. The van der Waals surface area contributed by atoms with Crippen LogP contribution in [0.25, 0.3) is 0 Å². The minimum atomic E-state index is -3.40. The fourth-order valence-electron chi connectivity index (χ4n) is 1.21. The third-order valence-electron chi connectivity index (χ3n) is 2.20. The van der Waals surface area contributed by atoms with Gasteiger partial charge in [0.25, 0.3) is 5.91 Å². The van der Waals surface area contributed by atoms with Gasteiger partial charge in [0.05, 0.1) is 11.3 Å². The molecule has 0 aliphatic carbocycles. The topological polar surface area (TPSA) is 101 Å². The summed E-state index contributed by atoms with van der Waals surface area (Å²) in [6.07, 6.45) is 0. The Morgan fingerprint density at radius 2 is 2.11 bits per heavy atom. The Labute approximate surface area is 104 Å². The van der Waals surface area contributed by atoms with Crippen LogP contribution in [0.15, 0.2) is 18.2 Å². The predicted octanol–water partition coefficient (Wildman–Crippen LogP) is -0.313. The highest BCUT2D eigenvalue weighted by Crippen LogP contribution is 2.11. The molecule has 0 aliphatic heterocycles. The van der Waals surface area contributed by atoms with Crippen LogP contribution in [0.1, 0.15) is 10.4 Å². The molecule has 6 nitrogen and oxygen atoms in total. The average molecular weight is 275 g/mol. The van der Waals surface area contributed by atoms with Gasteiger partial charge in [-0.05, 0) is 25.2 Å². The lowest BCUT2D eigenvalue weighted by Crippen LogP contribution is -2.33.